The lowest BCUT2D eigenvalue weighted by Gasteiger charge is -2.19. The van der Waals surface area contributed by atoms with Gasteiger partial charge in [0.25, 0.3) is 0 Å². The minimum atomic E-state index is -0.0434. The van der Waals surface area contributed by atoms with Gasteiger partial charge in [0, 0.05) is 27.2 Å². The fourth-order valence-corrected chi connectivity index (χ4v) is 1.81. The maximum atomic E-state index is 11.7. The lowest BCUT2D eigenvalue weighted by atomic mass is 10.2. The van der Waals surface area contributed by atoms with Crippen LogP contribution in [0.2, 0.25) is 0 Å². The normalized spacial score (nSPS) is 11.8. The van der Waals surface area contributed by atoms with Gasteiger partial charge in [-0.2, -0.15) is 0 Å². The van der Waals surface area contributed by atoms with E-state index in [1.807, 2.05) is 50.2 Å². The highest BCUT2D eigenvalue weighted by atomic mass is 16.5. The molecule has 0 saturated carbocycles. The molecule has 5 nitrogen and oxygen atoms in total. The van der Waals surface area contributed by atoms with E-state index < -0.39 is 0 Å². The lowest BCUT2D eigenvalue weighted by molar-refractivity contribution is -0.120. The summed E-state index contributed by atoms with van der Waals surface area (Å²) < 4.78 is 4.98. The molecule has 0 heterocycles. The lowest BCUT2D eigenvalue weighted by Crippen LogP contribution is -2.39. The monoisotopic (exact) mass is 265 g/mol. The summed E-state index contributed by atoms with van der Waals surface area (Å²) in [7, 11) is 5.57. The summed E-state index contributed by atoms with van der Waals surface area (Å²) in [5, 5.41) is 6.01. The first-order valence-corrected chi connectivity index (χ1v) is 6.33. The molecule has 106 valence electrons. The van der Waals surface area contributed by atoms with Gasteiger partial charge in [-0.25, -0.2) is 0 Å². The van der Waals surface area contributed by atoms with Gasteiger partial charge in [0.2, 0.25) is 5.91 Å². The van der Waals surface area contributed by atoms with Crippen molar-refractivity contribution in [2.75, 3.05) is 44.6 Å². The average Bonchev–Trinajstić information content (AvgIpc) is 2.36. The van der Waals surface area contributed by atoms with Gasteiger partial charge in [0.05, 0.1) is 24.5 Å². The molecule has 1 aromatic rings. The summed E-state index contributed by atoms with van der Waals surface area (Å²) >= 11 is 0. The van der Waals surface area contributed by atoms with E-state index >= 15 is 0 Å². The van der Waals surface area contributed by atoms with Crippen molar-refractivity contribution in [3.63, 3.8) is 0 Å². The highest BCUT2D eigenvalue weighted by Gasteiger charge is 2.08. The summed E-state index contributed by atoms with van der Waals surface area (Å²) in [6.07, 6.45) is 0. The summed E-state index contributed by atoms with van der Waals surface area (Å²) in [5.41, 5.74) is 2.00. The molecule has 5 heteroatoms. The van der Waals surface area contributed by atoms with Gasteiger partial charge in [0.15, 0.2) is 0 Å². The molecule has 0 fully saturated rings. The number of rotatable bonds is 7. The molecule has 0 spiro atoms. The summed E-state index contributed by atoms with van der Waals surface area (Å²) in [6.45, 7) is 2.67. The standard InChI is InChI=1S/C14H23N3O2/c1-11(10-19-4)16-14(18)9-15-12-7-5-6-8-13(12)17(2)3/h5-8,11,15H,9-10H2,1-4H3,(H,16,18). The number of amides is 1. The third-order valence-corrected chi connectivity index (χ3v) is 2.65. The minimum absolute atomic E-state index is 0.0170. The Kier molecular flexibility index (Phi) is 6.15. The van der Waals surface area contributed by atoms with E-state index in [1.54, 1.807) is 7.11 Å². The van der Waals surface area contributed by atoms with Crippen LogP contribution in [0.4, 0.5) is 11.4 Å². The van der Waals surface area contributed by atoms with E-state index in [0.717, 1.165) is 11.4 Å². The van der Waals surface area contributed by atoms with Crippen molar-refractivity contribution in [1.82, 2.24) is 5.32 Å². The van der Waals surface area contributed by atoms with Gasteiger partial charge < -0.3 is 20.3 Å². The highest BCUT2D eigenvalue weighted by Crippen LogP contribution is 2.22. The van der Waals surface area contributed by atoms with Crippen LogP contribution in [0.25, 0.3) is 0 Å². The zero-order chi connectivity index (χ0) is 14.3. The predicted octanol–water partition coefficient (Wildman–Crippen LogP) is 1.32. The number of anilines is 2. The van der Waals surface area contributed by atoms with Gasteiger partial charge in [-0.3, -0.25) is 4.79 Å². The molecular formula is C14H23N3O2. The van der Waals surface area contributed by atoms with Crippen LogP contribution < -0.4 is 15.5 Å². The van der Waals surface area contributed by atoms with Crippen LogP contribution in [0.5, 0.6) is 0 Å². The molecule has 0 aliphatic carbocycles. The number of carbonyl (C=O) groups is 1. The number of hydrogen-bond acceptors (Lipinski definition) is 4. The molecule has 0 aliphatic rings. The summed E-state index contributed by atoms with van der Waals surface area (Å²) in [4.78, 5) is 13.7. The first-order valence-electron chi connectivity index (χ1n) is 6.33. The Morgan fingerprint density at radius 1 is 1.37 bits per heavy atom. The first-order chi connectivity index (χ1) is 9.04. The van der Waals surface area contributed by atoms with Crippen molar-refractivity contribution in [3.8, 4) is 0 Å². The number of ether oxygens (including phenoxy) is 1. The fourth-order valence-electron chi connectivity index (χ4n) is 1.81. The zero-order valence-corrected chi connectivity index (χ0v) is 12.1. The van der Waals surface area contributed by atoms with Crippen molar-refractivity contribution in [1.29, 1.82) is 0 Å². The van der Waals surface area contributed by atoms with E-state index in [2.05, 4.69) is 10.6 Å². The summed E-state index contributed by atoms with van der Waals surface area (Å²) in [5.74, 6) is -0.0434. The maximum Gasteiger partial charge on any atom is 0.239 e. The second-order valence-electron chi connectivity index (χ2n) is 4.69. The SMILES string of the molecule is COCC(C)NC(=O)CNc1ccccc1N(C)C. The molecule has 0 bridgehead atoms. The third kappa shape index (κ3) is 5.18. The van der Waals surface area contributed by atoms with Crippen LogP contribution in [0.15, 0.2) is 24.3 Å². The first kappa shape index (κ1) is 15.3. The largest absolute Gasteiger partial charge is 0.383 e. The van der Waals surface area contributed by atoms with Gasteiger partial charge >= 0.3 is 0 Å². The second kappa shape index (κ2) is 7.63. The molecule has 1 unspecified atom stereocenters. The number of hydrogen-bond donors (Lipinski definition) is 2. The second-order valence-corrected chi connectivity index (χ2v) is 4.69. The smallest absolute Gasteiger partial charge is 0.239 e. The van der Waals surface area contributed by atoms with E-state index in [4.69, 9.17) is 4.74 Å². The van der Waals surface area contributed by atoms with Crippen molar-refractivity contribution in [2.45, 2.75) is 13.0 Å². The van der Waals surface area contributed by atoms with Gasteiger partial charge in [-0.1, -0.05) is 12.1 Å². The Labute approximate surface area is 114 Å². The maximum absolute atomic E-state index is 11.7. The molecule has 0 aliphatic heterocycles. The third-order valence-electron chi connectivity index (χ3n) is 2.65. The van der Waals surface area contributed by atoms with E-state index in [1.165, 1.54) is 0 Å². The van der Waals surface area contributed by atoms with Crippen molar-refractivity contribution in [2.24, 2.45) is 0 Å². The molecule has 1 rings (SSSR count). The molecular weight excluding hydrogens is 242 g/mol. The van der Waals surface area contributed by atoms with E-state index in [0.29, 0.717) is 6.61 Å². The van der Waals surface area contributed by atoms with Gasteiger partial charge in [-0.05, 0) is 19.1 Å². The predicted molar refractivity (Wildman–Crippen MR) is 78.7 cm³/mol. The Balaban J connectivity index is 2.50. The Morgan fingerprint density at radius 3 is 2.68 bits per heavy atom. The molecule has 1 amide bonds. The van der Waals surface area contributed by atoms with Crippen LogP contribution in [0.1, 0.15) is 6.92 Å². The number of nitrogens with zero attached hydrogens (tertiary/aromatic N) is 1. The molecule has 19 heavy (non-hydrogen) atoms. The Bertz CT molecular complexity index is 407. The minimum Gasteiger partial charge on any atom is -0.383 e. The van der Waals surface area contributed by atoms with Crippen LogP contribution in [-0.2, 0) is 9.53 Å². The van der Waals surface area contributed by atoms with Gasteiger partial charge in [0.1, 0.15) is 0 Å². The average molecular weight is 265 g/mol. The van der Waals surface area contributed by atoms with E-state index in [9.17, 15) is 4.79 Å². The van der Waals surface area contributed by atoms with Crippen molar-refractivity contribution < 1.29 is 9.53 Å². The summed E-state index contributed by atoms with van der Waals surface area (Å²) in [6, 6.07) is 7.90. The molecule has 0 saturated heterocycles. The number of benzene rings is 1. The van der Waals surface area contributed by atoms with Crippen LogP contribution in [0.3, 0.4) is 0 Å². The topological polar surface area (TPSA) is 53.6 Å². The van der Waals surface area contributed by atoms with E-state index in [-0.39, 0.29) is 18.5 Å². The number of carbonyl (C=O) groups excluding carboxylic acids is 1. The fraction of sp³-hybridized carbons (Fsp3) is 0.500. The quantitative estimate of drug-likeness (QED) is 0.780. The molecule has 0 radical (unpaired) electrons. The number of methoxy groups -OCH3 is 1. The Hall–Kier alpha value is -1.75. The molecule has 2 N–H and O–H groups in total. The highest BCUT2D eigenvalue weighted by molar-refractivity contribution is 5.82. The van der Waals surface area contributed by atoms with Crippen molar-refractivity contribution in [3.05, 3.63) is 24.3 Å². The Morgan fingerprint density at radius 2 is 2.05 bits per heavy atom. The van der Waals surface area contributed by atoms with Crippen LogP contribution in [0, 0.1) is 0 Å². The number of para-hydroxylation sites is 2. The number of nitrogens with one attached hydrogen (secondary N) is 2. The molecule has 1 aromatic carbocycles. The van der Waals surface area contributed by atoms with Gasteiger partial charge in [-0.15, -0.1) is 0 Å². The van der Waals surface area contributed by atoms with Crippen LogP contribution >= 0.6 is 0 Å². The van der Waals surface area contributed by atoms with Crippen LogP contribution in [-0.4, -0.2) is 46.3 Å². The van der Waals surface area contributed by atoms with Crippen molar-refractivity contribution >= 4 is 17.3 Å². The molecule has 1 atom stereocenters. The molecule has 0 aromatic heterocycles. The zero-order valence-electron chi connectivity index (χ0n) is 12.1.